The first kappa shape index (κ1) is 14.1. The van der Waals surface area contributed by atoms with Gasteiger partial charge in [0.15, 0.2) is 0 Å². The maximum absolute atomic E-state index is 12.5. The number of hydrogen-bond acceptors (Lipinski definition) is 3. The van der Waals surface area contributed by atoms with Crippen LogP contribution in [0.3, 0.4) is 0 Å². The Kier molecular flexibility index (Phi) is 5.50. The Morgan fingerprint density at radius 3 is 2.76 bits per heavy atom. The van der Waals surface area contributed by atoms with Gasteiger partial charge in [0.1, 0.15) is 5.82 Å². The SMILES string of the molecule is CC(C)OCCN(C)Cc1nccn1C(F)F. The summed E-state index contributed by atoms with van der Waals surface area (Å²) in [5.74, 6) is 0.368. The van der Waals surface area contributed by atoms with Gasteiger partial charge in [0.25, 0.3) is 0 Å². The van der Waals surface area contributed by atoms with Crippen LogP contribution in [0.15, 0.2) is 12.4 Å². The molecule has 0 aliphatic carbocycles. The molecule has 17 heavy (non-hydrogen) atoms. The standard InChI is InChI=1S/C11H19F2N3O/c1-9(2)17-7-6-15(3)8-10-14-4-5-16(10)11(12)13/h4-5,9,11H,6-8H2,1-3H3. The van der Waals surface area contributed by atoms with Crippen molar-refractivity contribution in [2.75, 3.05) is 20.2 Å². The monoisotopic (exact) mass is 247 g/mol. The van der Waals surface area contributed by atoms with Gasteiger partial charge >= 0.3 is 6.55 Å². The van der Waals surface area contributed by atoms with E-state index in [0.29, 0.717) is 25.5 Å². The average molecular weight is 247 g/mol. The quantitative estimate of drug-likeness (QED) is 0.739. The fourth-order valence-electron chi connectivity index (χ4n) is 1.41. The van der Waals surface area contributed by atoms with Crippen molar-refractivity contribution in [3.63, 3.8) is 0 Å². The molecule has 0 spiro atoms. The van der Waals surface area contributed by atoms with Gasteiger partial charge in [0.2, 0.25) is 0 Å². The Morgan fingerprint density at radius 2 is 2.18 bits per heavy atom. The van der Waals surface area contributed by atoms with Gasteiger partial charge in [0.05, 0.1) is 19.3 Å². The van der Waals surface area contributed by atoms with Crippen molar-refractivity contribution in [3.05, 3.63) is 18.2 Å². The van der Waals surface area contributed by atoms with Crippen LogP contribution in [0.25, 0.3) is 0 Å². The third kappa shape index (κ3) is 4.79. The number of imidazole rings is 1. The summed E-state index contributed by atoms with van der Waals surface area (Å²) in [5.41, 5.74) is 0. The minimum atomic E-state index is -2.53. The summed E-state index contributed by atoms with van der Waals surface area (Å²) in [6.07, 6.45) is 2.87. The van der Waals surface area contributed by atoms with Crippen molar-refractivity contribution >= 4 is 0 Å². The third-order valence-electron chi connectivity index (χ3n) is 2.29. The molecule has 6 heteroatoms. The fourth-order valence-corrected chi connectivity index (χ4v) is 1.41. The Hall–Kier alpha value is -1.01. The molecule has 0 radical (unpaired) electrons. The largest absolute Gasteiger partial charge is 0.377 e. The highest BCUT2D eigenvalue weighted by Gasteiger charge is 2.12. The molecular formula is C11H19F2N3O. The molecule has 0 fully saturated rings. The maximum Gasteiger partial charge on any atom is 0.319 e. The normalized spacial score (nSPS) is 12.0. The Bertz CT molecular complexity index is 328. The molecule has 0 saturated carbocycles. The molecule has 1 heterocycles. The molecule has 0 aliphatic heterocycles. The highest BCUT2D eigenvalue weighted by Crippen LogP contribution is 2.13. The number of aromatic nitrogens is 2. The van der Waals surface area contributed by atoms with E-state index in [9.17, 15) is 8.78 Å². The van der Waals surface area contributed by atoms with Crippen LogP contribution in [0.2, 0.25) is 0 Å². The zero-order chi connectivity index (χ0) is 12.8. The molecule has 0 unspecified atom stereocenters. The summed E-state index contributed by atoms with van der Waals surface area (Å²) < 4.78 is 31.4. The van der Waals surface area contributed by atoms with E-state index in [1.165, 1.54) is 12.4 Å². The molecule has 1 aromatic heterocycles. The van der Waals surface area contributed by atoms with E-state index in [0.717, 1.165) is 4.57 Å². The van der Waals surface area contributed by atoms with Crippen molar-refractivity contribution in [2.45, 2.75) is 33.0 Å². The van der Waals surface area contributed by atoms with E-state index in [1.54, 1.807) is 0 Å². The second kappa shape index (κ2) is 6.66. The number of likely N-dealkylation sites (N-methyl/N-ethyl adjacent to an activating group) is 1. The van der Waals surface area contributed by atoms with Gasteiger partial charge in [-0.3, -0.25) is 9.47 Å². The van der Waals surface area contributed by atoms with Gasteiger partial charge in [0, 0.05) is 18.9 Å². The Balaban J connectivity index is 2.39. The number of alkyl halides is 2. The van der Waals surface area contributed by atoms with Crippen molar-refractivity contribution in [1.82, 2.24) is 14.5 Å². The molecule has 98 valence electrons. The number of rotatable bonds is 7. The predicted molar refractivity (Wildman–Crippen MR) is 60.9 cm³/mol. The highest BCUT2D eigenvalue weighted by atomic mass is 19.3. The van der Waals surface area contributed by atoms with Gasteiger partial charge in [-0.05, 0) is 20.9 Å². The van der Waals surface area contributed by atoms with E-state index in [-0.39, 0.29) is 6.10 Å². The molecule has 1 rings (SSSR count). The number of nitrogens with zero attached hydrogens (tertiary/aromatic N) is 3. The summed E-state index contributed by atoms with van der Waals surface area (Å²) in [4.78, 5) is 5.83. The van der Waals surface area contributed by atoms with Gasteiger partial charge < -0.3 is 4.74 Å². The second-order valence-electron chi connectivity index (χ2n) is 4.19. The summed E-state index contributed by atoms with van der Waals surface area (Å²) in [6.45, 7) is 3.05. The van der Waals surface area contributed by atoms with Crippen LogP contribution in [0.4, 0.5) is 8.78 Å². The number of halogens is 2. The van der Waals surface area contributed by atoms with Crippen molar-refractivity contribution < 1.29 is 13.5 Å². The summed E-state index contributed by atoms with van der Waals surface area (Å²) >= 11 is 0. The summed E-state index contributed by atoms with van der Waals surface area (Å²) in [5, 5.41) is 0. The maximum atomic E-state index is 12.5. The van der Waals surface area contributed by atoms with Crippen LogP contribution >= 0.6 is 0 Å². The zero-order valence-electron chi connectivity index (χ0n) is 10.4. The van der Waals surface area contributed by atoms with E-state index < -0.39 is 6.55 Å². The molecule has 0 amide bonds. The fraction of sp³-hybridized carbons (Fsp3) is 0.727. The van der Waals surface area contributed by atoms with Crippen molar-refractivity contribution in [3.8, 4) is 0 Å². The van der Waals surface area contributed by atoms with Crippen molar-refractivity contribution in [2.24, 2.45) is 0 Å². The zero-order valence-corrected chi connectivity index (χ0v) is 10.4. The first-order chi connectivity index (χ1) is 8.00. The Morgan fingerprint density at radius 1 is 1.47 bits per heavy atom. The van der Waals surface area contributed by atoms with Gasteiger partial charge in [-0.15, -0.1) is 0 Å². The lowest BCUT2D eigenvalue weighted by Gasteiger charge is -2.17. The van der Waals surface area contributed by atoms with Gasteiger partial charge in [-0.1, -0.05) is 0 Å². The average Bonchev–Trinajstić information content (AvgIpc) is 2.65. The topological polar surface area (TPSA) is 30.3 Å². The van der Waals surface area contributed by atoms with Crippen LogP contribution < -0.4 is 0 Å². The number of hydrogen-bond donors (Lipinski definition) is 0. The van der Waals surface area contributed by atoms with E-state index >= 15 is 0 Å². The molecule has 4 nitrogen and oxygen atoms in total. The third-order valence-corrected chi connectivity index (χ3v) is 2.29. The lowest BCUT2D eigenvalue weighted by atomic mass is 10.4. The smallest absolute Gasteiger partial charge is 0.319 e. The molecule has 1 aromatic rings. The first-order valence-electron chi connectivity index (χ1n) is 5.60. The van der Waals surface area contributed by atoms with Gasteiger partial charge in [-0.2, -0.15) is 8.78 Å². The predicted octanol–water partition coefficient (Wildman–Crippen LogP) is 2.13. The van der Waals surface area contributed by atoms with E-state index in [2.05, 4.69) is 4.98 Å². The molecule has 0 saturated heterocycles. The highest BCUT2D eigenvalue weighted by molar-refractivity contribution is 4.92. The van der Waals surface area contributed by atoms with Crippen LogP contribution in [0.1, 0.15) is 26.2 Å². The molecular weight excluding hydrogens is 228 g/mol. The lowest BCUT2D eigenvalue weighted by molar-refractivity contribution is 0.0547. The minimum Gasteiger partial charge on any atom is -0.377 e. The molecule has 0 aromatic carbocycles. The van der Waals surface area contributed by atoms with Gasteiger partial charge in [-0.25, -0.2) is 4.98 Å². The summed E-state index contributed by atoms with van der Waals surface area (Å²) in [6, 6.07) is 0. The van der Waals surface area contributed by atoms with Crippen LogP contribution in [0.5, 0.6) is 0 Å². The van der Waals surface area contributed by atoms with Crippen LogP contribution in [0, 0.1) is 0 Å². The molecule has 0 atom stereocenters. The molecule has 0 aliphatic rings. The second-order valence-corrected chi connectivity index (χ2v) is 4.19. The van der Waals surface area contributed by atoms with Crippen molar-refractivity contribution in [1.29, 1.82) is 0 Å². The van der Waals surface area contributed by atoms with Crippen LogP contribution in [-0.2, 0) is 11.3 Å². The number of ether oxygens (including phenoxy) is 1. The molecule has 0 bridgehead atoms. The Labute approximate surface area is 100 Å². The van der Waals surface area contributed by atoms with E-state index in [1.807, 2.05) is 25.8 Å². The lowest BCUT2D eigenvalue weighted by Crippen LogP contribution is -2.25. The minimum absolute atomic E-state index is 0.187. The first-order valence-corrected chi connectivity index (χ1v) is 5.60. The summed E-state index contributed by atoms with van der Waals surface area (Å²) in [7, 11) is 1.86. The van der Waals surface area contributed by atoms with Crippen LogP contribution in [-0.4, -0.2) is 40.8 Å². The van der Waals surface area contributed by atoms with E-state index in [4.69, 9.17) is 4.74 Å². The molecule has 0 N–H and O–H groups in total.